The molecule has 1 nitrogen and oxygen atoms in total. The quantitative estimate of drug-likeness (QED) is 0.555. The molecule has 2 atom stereocenters. The van der Waals surface area contributed by atoms with Crippen molar-refractivity contribution < 1.29 is 4.74 Å². The van der Waals surface area contributed by atoms with Crippen molar-refractivity contribution in [2.24, 2.45) is 5.41 Å². The van der Waals surface area contributed by atoms with Gasteiger partial charge in [0.2, 0.25) is 0 Å². The molecule has 2 aliphatic heterocycles. The molecule has 1 spiro atoms. The van der Waals surface area contributed by atoms with Crippen molar-refractivity contribution >= 4 is 0 Å². The van der Waals surface area contributed by atoms with Gasteiger partial charge in [-0.3, -0.25) is 0 Å². The van der Waals surface area contributed by atoms with Crippen LogP contribution in [0.3, 0.4) is 0 Å². The molecule has 3 rings (SSSR count). The number of hydrogen-bond acceptors (Lipinski definition) is 1. The summed E-state index contributed by atoms with van der Waals surface area (Å²) < 4.78 is 6.60. The second-order valence-corrected chi connectivity index (χ2v) is 7.05. The highest BCUT2D eigenvalue weighted by Crippen LogP contribution is 2.65. The molecule has 2 heterocycles. The SMILES string of the molecule is C/C1=C2\CC(C)(C)C23CCC(C)(CCC1)O3. The van der Waals surface area contributed by atoms with E-state index in [9.17, 15) is 0 Å². The highest BCUT2D eigenvalue weighted by atomic mass is 16.5. The fraction of sp³-hybridized carbons (Fsp3) is 0.867. The molecule has 0 radical (unpaired) electrons. The first kappa shape index (κ1) is 10.8. The van der Waals surface area contributed by atoms with Crippen LogP contribution < -0.4 is 0 Å². The van der Waals surface area contributed by atoms with Crippen LogP contribution in [0.15, 0.2) is 11.1 Å². The van der Waals surface area contributed by atoms with Crippen molar-refractivity contribution in [2.45, 2.75) is 77.4 Å². The van der Waals surface area contributed by atoms with Crippen LogP contribution in [0.4, 0.5) is 0 Å². The Morgan fingerprint density at radius 1 is 1.06 bits per heavy atom. The maximum absolute atomic E-state index is 6.60. The molecule has 2 bridgehead atoms. The highest BCUT2D eigenvalue weighted by molar-refractivity contribution is 5.39. The minimum absolute atomic E-state index is 0.117. The Morgan fingerprint density at radius 3 is 2.50 bits per heavy atom. The van der Waals surface area contributed by atoms with E-state index in [0.29, 0.717) is 5.41 Å². The van der Waals surface area contributed by atoms with E-state index >= 15 is 0 Å². The molecule has 0 aromatic heterocycles. The van der Waals surface area contributed by atoms with Gasteiger partial charge in [0.05, 0.1) is 11.2 Å². The summed E-state index contributed by atoms with van der Waals surface area (Å²) in [7, 11) is 0. The van der Waals surface area contributed by atoms with Gasteiger partial charge in [-0.2, -0.15) is 0 Å². The Bertz CT molecular complexity index is 366. The summed E-state index contributed by atoms with van der Waals surface area (Å²) in [6.07, 6.45) is 7.62. The maximum atomic E-state index is 6.60. The molecule has 0 aromatic carbocycles. The zero-order chi connectivity index (χ0) is 11.6. The van der Waals surface area contributed by atoms with Gasteiger partial charge in [0.1, 0.15) is 0 Å². The van der Waals surface area contributed by atoms with Gasteiger partial charge in [-0.25, -0.2) is 0 Å². The van der Waals surface area contributed by atoms with Gasteiger partial charge in [-0.15, -0.1) is 0 Å². The molecule has 16 heavy (non-hydrogen) atoms. The van der Waals surface area contributed by atoms with Gasteiger partial charge in [0.15, 0.2) is 0 Å². The Labute approximate surface area is 99.3 Å². The summed E-state index contributed by atoms with van der Waals surface area (Å²) in [5.74, 6) is 0. The third-order valence-electron chi connectivity index (χ3n) is 5.40. The van der Waals surface area contributed by atoms with Crippen LogP contribution in [0.1, 0.15) is 66.2 Å². The molecule has 0 N–H and O–H groups in total. The van der Waals surface area contributed by atoms with E-state index in [1.165, 1.54) is 38.5 Å². The lowest BCUT2D eigenvalue weighted by atomic mass is 9.53. The molecule has 2 unspecified atom stereocenters. The Kier molecular flexibility index (Phi) is 1.98. The van der Waals surface area contributed by atoms with Crippen LogP contribution in [0.5, 0.6) is 0 Å². The van der Waals surface area contributed by atoms with Gasteiger partial charge >= 0.3 is 0 Å². The largest absolute Gasteiger partial charge is 0.364 e. The van der Waals surface area contributed by atoms with Crippen molar-refractivity contribution in [3.63, 3.8) is 0 Å². The normalized spacial score (nSPS) is 50.2. The zero-order valence-corrected chi connectivity index (χ0v) is 11.2. The highest BCUT2D eigenvalue weighted by Gasteiger charge is 2.64. The molecule has 3 aliphatic rings. The predicted octanol–water partition coefficient (Wildman–Crippen LogP) is 4.22. The van der Waals surface area contributed by atoms with Crippen LogP contribution in [0, 0.1) is 5.41 Å². The molecule has 90 valence electrons. The van der Waals surface area contributed by atoms with Gasteiger partial charge < -0.3 is 4.74 Å². The van der Waals surface area contributed by atoms with Gasteiger partial charge in [-0.1, -0.05) is 19.4 Å². The monoisotopic (exact) mass is 220 g/mol. The second kappa shape index (κ2) is 2.93. The lowest BCUT2D eigenvalue weighted by Crippen LogP contribution is -2.57. The first-order chi connectivity index (χ1) is 7.39. The predicted molar refractivity (Wildman–Crippen MR) is 66.4 cm³/mol. The van der Waals surface area contributed by atoms with E-state index in [0.717, 1.165) is 0 Å². The van der Waals surface area contributed by atoms with Gasteiger partial charge in [0.25, 0.3) is 0 Å². The number of ether oxygens (including phenoxy) is 1. The third kappa shape index (κ3) is 1.16. The fourth-order valence-corrected chi connectivity index (χ4v) is 4.23. The standard InChI is InChI=1S/C15H24O/c1-11-6-5-7-14(4)8-9-15(16-14)12(11)10-13(15,2)3/h5-10H2,1-4H3/b12-11-. The first-order valence-corrected chi connectivity index (χ1v) is 6.78. The van der Waals surface area contributed by atoms with Gasteiger partial charge in [-0.05, 0) is 57.9 Å². The lowest BCUT2D eigenvalue weighted by molar-refractivity contribution is -0.170. The van der Waals surface area contributed by atoms with Gasteiger partial charge in [0, 0.05) is 5.41 Å². The number of rotatable bonds is 0. The van der Waals surface area contributed by atoms with Crippen molar-refractivity contribution in [3.05, 3.63) is 11.1 Å². The molecule has 0 amide bonds. The van der Waals surface area contributed by atoms with Crippen LogP contribution in [-0.2, 0) is 4.74 Å². The molecule has 1 saturated carbocycles. The Morgan fingerprint density at radius 2 is 1.81 bits per heavy atom. The first-order valence-electron chi connectivity index (χ1n) is 6.78. The van der Waals surface area contributed by atoms with Crippen molar-refractivity contribution in [3.8, 4) is 0 Å². The number of fused-ring (bicyclic) bond motifs is 1. The summed E-state index contributed by atoms with van der Waals surface area (Å²) in [5.41, 5.74) is 3.93. The van der Waals surface area contributed by atoms with Crippen molar-refractivity contribution in [1.29, 1.82) is 0 Å². The van der Waals surface area contributed by atoms with E-state index in [1.807, 2.05) is 0 Å². The molecular formula is C15H24O. The van der Waals surface area contributed by atoms with E-state index in [-0.39, 0.29) is 11.2 Å². The molecule has 1 heteroatoms. The lowest BCUT2D eigenvalue weighted by Gasteiger charge is -2.58. The van der Waals surface area contributed by atoms with E-state index < -0.39 is 0 Å². The van der Waals surface area contributed by atoms with Crippen LogP contribution in [0.25, 0.3) is 0 Å². The van der Waals surface area contributed by atoms with Crippen LogP contribution >= 0.6 is 0 Å². The minimum Gasteiger partial charge on any atom is -0.364 e. The molecule has 1 aliphatic carbocycles. The average molecular weight is 220 g/mol. The molecule has 0 aromatic rings. The topological polar surface area (TPSA) is 9.23 Å². The minimum atomic E-state index is 0.117. The summed E-state index contributed by atoms with van der Waals surface area (Å²) in [5, 5.41) is 0. The van der Waals surface area contributed by atoms with Crippen LogP contribution in [0.2, 0.25) is 0 Å². The van der Waals surface area contributed by atoms with E-state index in [2.05, 4.69) is 27.7 Å². The molecular weight excluding hydrogens is 196 g/mol. The maximum Gasteiger partial charge on any atom is 0.0956 e. The van der Waals surface area contributed by atoms with E-state index in [1.54, 1.807) is 11.1 Å². The molecule has 2 fully saturated rings. The average Bonchev–Trinajstić information content (AvgIpc) is 2.56. The van der Waals surface area contributed by atoms with E-state index in [4.69, 9.17) is 4.74 Å². The summed E-state index contributed by atoms with van der Waals surface area (Å²) in [6.45, 7) is 9.43. The summed E-state index contributed by atoms with van der Waals surface area (Å²) >= 11 is 0. The Balaban J connectivity index is 2.07. The summed E-state index contributed by atoms with van der Waals surface area (Å²) in [6, 6.07) is 0. The number of hydrogen-bond donors (Lipinski definition) is 0. The molecule has 1 saturated heterocycles. The Hall–Kier alpha value is -0.300. The van der Waals surface area contributed by atoms with Crippen LogP contribution in [-0.4, -0.2) is 11.2 Å². The second-order valence-electron chi connectivity index (χ2n) is 7.05. The zero-order valence-electron chi connectivity index (χ0n) is 11.2. The third-order valence-corrected chi connectivity index (χ3v) is 5.40. The summed E-state index contributed by atoms with van der Waals surface area (Å²) in [4.78, 5) is 0. The number of allylic oxidation sites excluding steroid dienone is 1. The fourth-order valence-electron chi connectivity index (χ4n) is 4.23. The smallest absolute Gasteiger partial charge is 0.0956 e. The van der Waals surface area contributed by atoms with Crippen molar-refractivity contribution in [1.82, 2.24) is 0 Å². The van der Waals surface area contributed by atoms with Crippen molar-refractivity contribution in [2.75, 3.05) is 0 Å².